The minimum Gasteiger partial charge on any atom is -0.477 e. The van der Waals surface area contributed by atoms with Crippen LogP contribution in [0.15, 0.2) is 18.3 Å². The topological polar surface area (TPSA) is 78.3 Å². The van der Waals surface area contributed by atoms with Crippen LogP contribution in [0, 0.1) is 0 Å². The molecule has 2 aromatic heterocycles. The van der Waals surface area contributed by atoms with Gasteiger partial charge in [0.15, 0.2) is 0 Å². The van der Waals surface area contributed by atoms with Gasteiger partial charge in [-0.15, -0.1) is 0 Å². The summed E-state index contributed by atoms with van der Waals surface area (Å²) < 4.78 is 12.6. The average molecular weight is 328 g/mol. The van der Waals surface area contributed by atoms with E-state index < -0.39 is 5.97 Å². The number of hydrogen-bond donors (Lipinski definition) is 1. The van der Waals surface area contributed by atoms with Crippen molar-refractivity contribution in [3.05, 3.63) is 23.9 Å². The summed E-state index contributed by atoms with van der Waals surface area (Å²) in [7, 11) is 0. The van der Waals surface area contributed by atoms with Crippen molar-refractivity contribution >= 4 is 11.8 Å². The Bertz CT molecular complexity index is 750. The zero-order valence-electron chi connectivity index (χ0n) is 13.6. The van der Waals surface area contributed by atoms with Crippen molar-refractivity contribution in [3.8, 4) is 17.1 Å². The minimum atomic E-state index is -0.407. The maximum absolute atomic E-state index is 12.4. The molecule has 1 saturated carbocycles. The van der Waals surface area contributed by atoms with Gasteiger partial charge in [0.2, 0.25) is 5.88 Å². The molecule has 4 rings (SSSR count). The van der Waals surface area contributed by atoms with E-state index in [4.69, 9.17) is 9.47 Å². The summed E-state index contributed by atoms with van der Waals surface area (Å²) in [4.78, 5) is 16.8. The van der Waals surface area contributed by atoms with Gasteiger partial charge in [-0.3, -0.25) is 0 Å². The lowest BCUT2D eigenvalue weighted by Crippen LogP contribution is -2.16. The number of carbonyl (C=O) groups is 1. The first-order valence-corrected chi connectivity index (χ1v) is 8.40. The Morgan fingerprint density at radius 3 is 3.04 bits per heavy atom. The van der Waals surface area contributed by atoms with Crippen LogP contribution in [0.25, 0.3) is 11.3 Å². The van der Waals surface area contributed by atoms with Crippen LogP contribution in [0.1, 0.15) is 36.5 Å². The van der Waals surface area contributed by atoms with Crippen LogP contribution in [0.5, 0.6) is 5.88 Å². The molecule has 24 heavy (non-hydrogen) atoms. The minimum absolute atomic E-state index is 0.311. The van der Waals surface area contributed by atoms with Gasteiger partial charge in [0.25, 0.3) is 0 Å². The Labute approximate surface area is 140 Å². The molecule has 7 nitrogen and oxygen atoms in total. The highest BCUT2D eigenvalue weighted by Crippen LogP contribution is 2.33. The van der Waals surface area contributed by atoms with E-state index in [1.807, 2.05) is 12.1 Å². The first-order valence-electron chi connectivity index (χ1n) is 8.40. The second-order valence-corrected chi connectivity index (χ2v) is 6.03. The Balaban J connectivity index is 1.70. The molecule has 7 heteroatoms. The molecule has 0 amide bonds. The molecule has 126 valence electrons. The summed E-state index contributed by atoms with van der Waals surface area (Å²) in [6, 6.07) is 4.39. The normalized spacial score (nSPS) is 16.2. The smallest absolute Gasteiger partial charge is 0.345 e. The summed E-state index contributed by atoms with van der Waals surface area (Å²) in [5.41, 5.74) is 1.74. The maximum Gasteiger partial charge on any atom is 0.345 e. The highest BCUT2D eigenvalue weighted by atomic mass is 16.5. The van der Waals surface area contributed by atoms with Crippen molar-refractivity contribution in [2.24, 2.45) is 0 Å². The monoisotopic (exact) mass is 328 g/mol. The third-order valence-electron chi connectivity index (χ3n) is 4.10. The van der Waals surface area contributed by atoms with E-state index in [-0.39, 0.29) is 0 Å². The molecule has 1 aliphatic heterocycles. The second-order valence-electron chi connectivity index (χ2n) is 6.03. The SMILES string of the molecule is CCOC(=O)c1c(-c2ccc(NC3CC3)nc2)nn2c1OCCC2. The summed E-state index contributed by atoms with van der Waals surface area (Å²) in [5, 5.41) is 7.91. The predicted octanol–water partition coefficient (Wildman–Crippen LogP) is 2.48. The summed E-state index contributed by atoms with van der Waals surface area (Å²) in [6.07, 6.45) is 5.00. The number of nitrogens with zero attached hydrogens (tertiary/aromatic N) is 3. The third kappa shape index (κ3) is 2.81. The number of aryl methyl sites for hydroxylation is 1. The van der Waals surface area contributed by atoms with E-state index in [1.165, 1.54) is 12.8 Å². The van der Waals surface area contributed by atoms with Crippen LogP contribution in [0.2, 0.25) is 0 Å². The van der Waals surface area contributed by atoms with E-state index in [0.29, 0.717) is 36.4 Å². The highest BCUT2D eigenvalue weighted by Gasteiger charge is 2.29. The molecular weight excluding hydrogens is 308 g/mol. The molecule has 1 fully saturated rings. The van der Waals surface area contributed by atoms with Crippen LogP contribution >= 0.6 is 0 Å². The third-order valence-corrected chi connectivity index (χ3v) is 4.10. The van der Waals surface area contributed by atoms with Gasteiger partial charge in [-0.05, 0) is 31.9 Å². The van der Waals surface area contributed by atoms with Crippen LogP contribution in [-0.4, -0.2) is 40.0 Å². The number of esters is 1. The molecule has 2 aliphatic rings. The molecule has 0 radical (unpaired) electrons. The van der Waals surface area contributed by atoms with Crippen LogP contribution in [0.3, 0.4) is 0 Å². The van der Waals surface area contributed by atoms with E-state index in [0.717, 1.165) is 24.3 Å². The number of pyridine rings is 1. The van der Waals surface area contributed by atoms with Crippen molar-refractivity contribution in [2.45, 2.75) is 38.8 Å². The quantitative estimate of drug-likeness (QED) is 0.850. The molecule has 0 bridgehead atoms. The number of carbonyl (C=O) groups excluding carboxylic acids is 1. The number of anilines is 1. The molecule has 0 spiro atoms. The molecule has 0 atom stereocenters. The van der Waals surface area contributed by atoms with Crippen LogP contribution in [-0.2, 0) is 11.3 Å². The number of nitrogens with one attached hydrogen (secondary N) is 1. The first kappa shape index (κ1) is 15.0. The summed E-state index contributed by atoms with van der Waals surface area (Å²) in [6.45, 7) is 3.41. The van der Waals surface area contributed by atoms with E-state index in [1.54, 1.807) is 17.8 Å². The van der Waals surface area contributed by atoms with E-state index in [9.17, 15) is 4.79 Å². The molecule has 2 aromatic rings. The number of fused-ring (bicyclic) bond motifs is 1. The standard InChI is InChI=1S/C17H20N4O3/c1-2-23-17(22)14-15(20-21-8-3-9-24-16(14)21)11-4-7-13(18-10-11)19-12-5-6-12/h4,7,10,12H,2-3,5-6,8-9H2,1H3,(H,18,19). The lowest BCUT2D eigenvalue weighted by atomic mass is 10.1. The average Bonchev–Trinajstić information content (AvgIpc) is 3.32. The number of rotatable bonds is 5. The van der Waals surface area contributed by atoms with Gasteiger partial charge in [-0.25, -0.2) is 14.5 Å². The first-order chi connectivity index (χ1) is 11.8. The van der Waals surface area contributed by atoms with Crippen molar-refractivity contribution < 1.29 is 14.3 Å². The fourth-order valence-electron chi connectivity index (χ4n) is 2.77. The van der Waals surface area contributed by atoms with Crippen molar-refractivity contribution in [1.29, 1.82) is 0 Å². The Morgan fingerprint density at radius 1 is 1.46 bits per heavy atom. The Kier molecular flexibility index (Phi) is 3.84. The van der Waals surface area contributed by atoms with Crippen LogP contribution < -0.4 is 10.1 Å². The van der Waals surface area contributed by atoms with Crippen molar-refractivity contribution in [3.63, 3.8) is 0 Å². The van der Waals surface area contributed by atoms with E-state index >= 15 is 0 Å². The van der Waals surface area contributed by atoms with Gasteiger partial charge in [0.1, 0.15) is 17.1 Å². The van der Waals surface area contributed by atoms with E-state index in [2.05, 4.69) is 15.4 Å². The molecule has 0 unspecified atom stereocenters. The molecule has 0 saturated heterocycles. The predicted molar refractivity (Wildman–Crippen MR) is 88.2 cm³/mol. The van der Waals surface area contributed by atoms with Gasteiger partial charge in [-0.1, -0.05) is 0 Å². The molecule has 1 aliphatic carbocycles. The molecule has 1 N–H and O–H groups in total. The van der Waals surface area contributed by atoms with Gasteiger partial charge < -0.3 is 14.8 Å². The molecular formula is C17H20N4O3. The van der Waals surface area contributed by atoms with Crippen molar-refractivity contribution in [1.82, 2.24) is 14.8 Å². The molecule has 3 heterocycles. The number of aromatic nitrogens is 3. The van der Waals surface area contributed by atoms with Gasteiger partial charge in [0.05, 0.1) is 13.2 Å². The van der Waals surface area contributed by atoms with Gasteiger partial charge in [0, 0.05) is 30.8 Å². The fraction of sp³-hybridized carbons (Fsp3) is 0.471. The Morgan fingerprint density at radius 2 is 2.33 bits per heavy atom. The summed E-state index contributed by atoms with van der Waals surface area (Å²) in [5.74, 6) is 0.935. The summed E-state index contributed by atoms with van der Waals surface area (Å²) >= 11 is 0. The van der Waals surface area contributed by atoms with Gasteiger partial charge in [-0.2, -0.15) is 5.10 Å². The fourth-order valence-corrected chi connectivity index (χ4v) is 2.77. The zero-order chi connectivity index (χ0) is 16.5. The number of ether oxygens (including phenoxy) is 2. The van der Waals surface area contributed by atoms with Crippen LogP contribution in [0.4, 0.5) is 5.82 Å². The number of hydrogen-bond acceptors (Lipinski definition) is 6. The lowest BCUT2D eigenvalue weighted by molar-refractivity contribution is 0.0520. The second kappa shape index (κ2) is 6.14. The lowest BCUT2D eigenvalue weighted by Gasteiger charge is -2.15. The van der Waals surface area contributed by atoms with Crippen molar-refractivity contribution in [2.75, 3.05) is 18.5 Å². The molecule has 0 aromatic carbocycles. The largest absolute Gasteiger partial charge is 0.477 e. The van der Waals surface area contributed by atoms with Gasteiger partial charge >= 0.3 is 5.97 Å². The highest BCUT2D eigenvalue weighted by molar-refractivity contribution is 5.98. The zero-order valence-corrected chi connectivity index (χ0v) is 13.6. The maximum atomic E-state index is 12.4. The Hall–Kier alpha value is -2.57.